The molecule has 0 aromatic carbocycles. The van der Waals surface area contributed by atoms with Gasteiger partial charge in [0.25, 0.3) is 0 Å². The van der Waals surface area contributed by atoms with Gasteiger partial charge in [0.15, 0.2) is 0 Å². The highest BCUT2D eigenvalue weighted by atomic mass is 35.5. The van der Waals surface area contributed by atoms with E-state index in [1.165, 1.54) is 4.31 Å². The van der Waals surface area contributed by atoms with Gasteiger partial charge < -0.3 is 10.6 Å². The highest BCUT2D eigenvalue weighted by Gasteiger charge is 2.22. The van der Waals surface area contributed by atoms with Gasteiger partial charge in [-0.15, -0.1) is 12.4 Å². The van der Waals surface area contributed by atoms with E-state index in [-0.39, 0.29) is 30.6 Å². The number of hydrogen-bond acceptors (Lipinski definition) is 5. The molecule has 1 unspecified atom stereocenters. The Morgan fingerprint density at radius 2 is 2.00 bits per heavy atom. The Morgan fingerprint density at radius 3 is 2.43 bits per heavy atom. The van der Waals surface area contributed by atoms with Gasteiger partial charge in [-0.05, 0) is 7.05 Å². The van der Waals surface area contributed by atoms with Crippen molar-refractivity contribution in [1.29, 1.82) is 0 Å². The topological polar surface area (TPSA) is 96.3 Å². The first kappa shape index (κ1) is 21.8. The van der Waals surface area contributed by atoms with Crippen LogP contribution >= 0.6 is 12.4 Å². The molecule has 10 heteroatoms. The molecular formula is C13H26ClN5O3S. The smallest absolute Gasteiger partial charge is 0.241 e. The van der Waals surface area contributed by atoms with Crippen molar-refractivity contribution >= 4 is 28.3 Å². The Balaban J connectivity index is 0.00000484. The van der Waals surface area contributed by atoms with Crippen LogP contribution in [0.25, 0.3) is 0 Å². The minimum absolute atomic E-state index is 0. The van der Waals surface area contributed by atoms with Crippen LogP contribution in [0.1, 0.15) is 25.5 Å². The van der Waals surface area contributed by atoms with Crippen LogP contribution in [0, 0.1) is 0 Å². The molecule has 0 aliphatic rings. The van der Waals surface area contributed by atoms with E-state index < -0.39 is 16.1 Å². The molecule has 1 heterocycles. The summed E-state index contributed by atoms with van der Waals surface area (Å²) in [6.45, 7) is 4.53. The van der Waals surface area contributed by atoms with E-state index in [4.69, 9.17) is 0 Å². The van der Waals surface area contributed by atoms with Crippen molar-refractivity contribution in [2.75, 3.05) is 32.4 Å². The van der Waals surface area contributed by atoms with Crippen molar-refractivity contribution < 1.29 is 13.2 Å². The molecule has 8 nitrogen and oxygen atoms in total. The van der Waals surface area contributed by atoms with Gasteiger partial charge in [-0.2, -0.15) is 5.10 Å². The van der Waals surface area contributed by atoms with Crippen LogP contribution in [0.15, 0.2) is 12.4 Å². The zero-order chi connectivity index (χ0) is 16.8. The molecule has 0 fully saturated rings. The predicted octanol–water partition coefficient (Wildman–Crippen LogP) is -0.110. The lowest BCUT2D eigenvalue weighted by Gasteiger charge is -2.19. The SMILES string of the molecule is CCN(CC)S(=O)(=O)CCNC(=O)C(NC)c1cnn(C)c1.Cl. The number of amides is 1. The summed E-state index contributed by atoms with van der Waals surface area (Å²) in [6, 6.07) is -0.551. The molecule has 0 spiro atoms. The van der Waals surface area contributed by atoms with E-state index >= 15 is 0 Å². The number of hydrogen-bond donors (Lipinski definition) is 2. The molecule has 0 bridgehead atoms. The minimum atomic E-state index is -3.33. The minimum Gasteiger partial charge on any atom is -0.353 e. The van der Waals surface area contributed by atoms with E-state index in [9.17, 15) is 13.2 Å². The van der Waals surface area contributed by atoms with Crippen molar-refractivity contribution in [3.63, 3.8) is 0 Å². The molecular weight excluding hydrogens is 342 g/mol. The maximum atomic E-state index is 12.2. The van der Waals surface area contributed by atoms with E-state index in [1.54, 1.807) is 45.0 Å². The van der Waals surface area contributed by atoms with Crippen LogP contribution in [-0.2, 0) is 21.9 Å². The highest BCUT2D eigenvalue weighted by Crippen LogP contribution is 2.11. The zero-order valence-corrected chi connectivity index (χ0v) is 15.6. The third-order valence-corrected chi connectivity index (χ3v) is 5.39. The van der Waals surface area contributed by atoms with E-state index in [0.717, 1.165) is 5.56 Å². The van der Waals surface area contributed by atoms with Gasteiger partial charge in [-0.25, -0.2) is 12.7 Å². The molecule has 0 saturated carbocycles. The fourth-order valence-electron chi connectivity index (χ4n) is 2.19. The number of aryl methyl sites for hydroxylation is 1. The number of halogens is 1. The van der Waals surface area contributed by atoms with Crippen molar-refractivity contribution in [2.24, 2.45) is 7.05 Å². The van der Waals surface area contributed by atoms with E-state index in [1.807, 2.05) is 0 Å². The lowest BCUT2D eigenvalue weighted by molar-refractivity contribution is -0.123. The Hall–Kier alpha value is -1.16. The van der Waals surface area contributed by atoms with Crippen molar-refractivity contribution in [3.05, 3.63) is 18.0 Å². The Bertz CT molecular complexity index is 586. The van der Waals surface area contributed by atoms with Gasteiger partial charge in [0.2, 0.25) is 15.9 Å². The third kappa shape index (κ3) is 6.09. The summed E-state index contributed by atoms with van der Waals surface area (Å²) >= 11 is 0. The quantitative estimate of drug-likeness (QED) is 0.635. The zero-order valence-electron chi connectivity index (χ0n) is 13.9. The van der Waals surface area contributed by atoms with Gasteiger partial charge in [-0.1, -0.05) is 13.8 Å². The Labute approximate surface area is 144 Å². The normalized spacial score (nSPS) is 12.7. The molecule has 2 N–H and O–H groups in total. The van der Waals surface area contributed by atoms with E-state index in [0.29, 0.717) is 13.1 Å². The second-order valence-electron chi connectivity index (χ2n) is 4.86. The van der Waals surface area contributed by atoms with Gasteiger partial charge in [0.1, 0.15) is 6.04 Å². The van der Waals surface area contributed by atoms with Crippen LogP contribution in [0.2, 0.25) is 0 Å². The summed E-state index contributed by atoms with van der Waals surface area (Å²) in [5.74, 6) is -0.380. The fourth-order valence-corrected chi connectivity index (χ4v) is 3.59. The summed E-state index contributed by atoms with van der Waals surface area (Å²) in [4.78, 5) is 12.2. The molecule has 0 saturated heterocycles. The maximum Gasteiger partial charge on any atom is 0.241 e. The molecule has 0 radical (unpaired) electrons. The summed E-state index contributed by atoms with van der Waals surface area (Å²) in [7, 11) is 0.110. The first-order valence-electron chi connectivity index (χ1n) is 7.27. The summed E-state index contributed by atoms with van der Waals surface area (Å²) in [5.41, 5.74) is 0.731. The van der Waals surface area contributed by atoms with Gasteiger partial charge in [0, 0.05) is 38.4 Å². The second-order valence-corrected chi connectivity index (χ2v) is 6.95. The summed E-state index contributed by atoms with van der Waals surface area (Å²) in [6.07, 6.45) is 3.35. The molecule has 0 aliphatic carbocycles. The first-order chi connectivity index (χ1) is 10.4. The fraction of sp³-hybridized carbons (Fsp3) is 0.692. The summed E-state index contributed by atoms with van der Waals surface area (Å²) in [5, 5.41) is 9.58. The van der Waals surface area contributed by atoms with Crippen molar-refractivity contribution in [3.8, 4) is 0 Å². The average molecular weight is 368 g/mol. The second kappa shape index (κ2) is 9.86. The third-order valence-electron chi connectivity index (χ3n) is 3.37. The standard InChI is InChI=1S/C13H25N5O3S.ClH/c1-5-18(6-2)22(20,21)8-7-15-13(19)12(14-3)11-9-16-17(4)10-11;/h9-10,12,14H,5-8H2,1-4H3,(H,15,19);1H. The monoisotopic (exact) mass is 367 g/mol. The average Bonchev–Trinajstić information content (AvgIpc) is 2.86. The van der Waals surface area contributed by atoms with Gasteiger partial charge in [0.05, 0.1) is 11.9 Å². The number of nitrogens with zero attached hydrogens (tertiary/aromatic N) is 3. The number of sulfonamides is 1. The van der Waals surface area contributed by atoms with Gasteiger partial charge >= 0.3 is 0 Å². The van der Waals surface area contributed by atoms with Crippen LogP contribution in [0.4, 0.5) is 0 Å². The van der Waals surface area contributed by atoms with Crippen LogP contribution in [0.5, 0.6) is 0 Å². The number of aromatic nitrogens is 2. The predicted molar refractivity (Wildman–Crippen MR) is 92.0 cm³/mol. The Morgan fingerprint density at radius 1 is 1.39 bits per heavy atom. The number of likely N-dealkylation sites (N-methyl/N-ethyl adjacent to an activating group) is 1. The number of carbonyl (C=O) groups is 1. The van der Waals surface area contributed by atoms with Crippen molar-refractivity contribution in [2.45, 2.75) is 19.9 Å². The molecule has 0 aliphatic heterocycles. The Kier molecular flexibility index (Phi) is 9.37. The molecule has 1 amide bonds. The van der Waals surface area contributed by atoms with Gasteiger partial charge in [-0.3, -0.25) is 9.48 Å². The lowest BCUT2D eigenvalue weighted by atomic mass is 10.1. The number of rotatable bonds is 9. The van der Waals surface area contributed by atoms with Crippen LogP contribution < -0.4 is 10.6 Å². The molecule has 1 rings (SSSR count). The highest BCUT2D eigenvalue weighted by molar-refractivity contribution is 7.89. The summed E-state index contributed by atoms with van der Waals surface area (Å²) < 4.78 is 27.1. The molecule has 1 aromatic rings. The molecule has 134 valence electrons. The van der Waals surface area contributed by atoms with E-state index in [2.05, 4.69) is 15.7 Å². The maximum absolute atomic E-state index is 12.2. The molecule has 23 heavy (non-hydrogen) atoms. The lowest BCUT2D eigenvalue weighted by Crippen LogP contribution is -2.41. The number of nitrogens with one attached hydrogen (secondary N) is 2. The van der Waals surface area contributed by atoms with Crippen LogP contribution in [-0.4, -0.2) is 60.8 Å². The van der Waals surface area contributed by atoms with Crippen molar-refractivity contribution in [1.82, 2.24) is 24.7 Å². The first-order valence-corrected chi connectivity index (χ1v) is 8.88. The number of carbonyl (C=O) groups excluding carboxylic acids is 1. The largest absolute Gasteiger partial charge is 0.353 e. The molecule has 1 aromatic heterocycles. The van der Waals surface area contributed by atoms with Crippen LogP contribution in [0.3, 0.4) is 0 Å². The molecule has 1 atom stereocenters.